The zero-order chi connectivity index (χ0) is 25.6. The molecule has 0 aliphatic carbocycles. The van der Waals surface area contributed by atoms with Gasteiger partial charge >= 0.3 is 6.03 Å². The second kappa shape index (κ2) is 9.17. The molecule has 2 N–H and O–H groups in total. The Morgan fingerprint density at radius 1 is 1.19 bits per heavy atom. The number of rotatable bonds is 8. The summed E-state index contributed by atoms with van der Waals surface area (Å²) in [5.41, 5.74) is 2.53. The number of carbonyl (C=O) groups is 2. The third-order valence-corrected chi connectivity index (χ3v) is 7.60. The van der Waals surface area contributed by atoms with Gasteiger partial charge in [0, 0.05) is 29.6 Å². The van der Waals surface area contributed by atoms with E-state index in [-0.39, 0.29) is 17.7 Å². The molecule has 190 valence electrons. The number of amides is 3. The molecule has 36 heavy (non-hydrogen) atoms. The lowest BCUT2D eigenvalue weighted by molar-refractivity contribution is -0.133. The Hall–Kier alpha value is -3.52. The largest absolute Gasteiger partial charge is 0.508 e. The SMILES string of the molecule is CCOc1ccc2[nH]c3c(c2c1)C[C@@]1(C)C(=O)N(CCCN(C)CC)C(=O)N1[C@@H]3c1cccc(O)c1. The highest BCUT2D eigenvalue weighted by atomic mass is 16.5. The van der Waals surface area contributed by atoms with Crippen molar-refractivity contribution in [3.63, 3.8) is 0 Å². The molecular formula is C28H34N4O4. The number of nitrogens with one attached hydrogen (secondary N) is 1. The van der Waals surface area contributed by atoms with Gasteiger partial charge in [-0.25, -0.2) is 4.79 Å². The molecule has 3 aromatic rings. The van der Waals surface area contributed by atoms with Crippen LogP contribution in [-0.4, -0.2) is 75.6 Å². The van der Waals surface area contributed by atoms with Gasteiger partial charge in [-0.15, -0.1) is 0 Å². The smallest absolute Gasteiger partial charge is 0.328 e. The van der Waals surface area contributed by atoms with E-state index in [1.54, 1.807) is 23.1 Å². The number of phenolic OH excluding ortho intramolecular Hbond substituents is 1. The highest BCUT2D eigenvalue weighted by molar-refractivity contribution is 6.08. The third-order valence-electron chi connectivity index (χ3n) is 7.60. The quantitative estimate of drug-likeness (QED) is 0.460. The summed E-state index contributed by atoms with van der Waals surface area (Å²) in [6, 6.07) is 12.0. The highest BCUT2D eigenvalue weighted by Gasteiger charge is 2.60. The van der Waals surface area contributed by atoms with Crippen LogP contribution in [0.5, 0.6) is 11.5 Å². The van der Waals surface area contributed by atoms with E-state index in [2.05, 4.69) is 16.8 Å². The normalized spacial score (nSPS) is 21.4. The van der Waals surface area contributed by atoms with Crippen LogP contribution in [0.15, 0.2) is 42.5 Å². The Morgan fingerprint density at radius 3 is 2.72 bits per heavy atom. The Bertz CT molecular complexity index is 1320. The molecule has 8 nitrogen and oxygen atoms in total. The molecule has 1 aromatic heterocycles. The van der Waals surface area contributed by atoms with Crippen LogP contribution in [0.2, 0.25) is 0 Å². The number of aromatic hydroxyl groups is 1. The summed E-state index contributed by atoms with van der Waals surface area (Å²) in [7, 11) is 2.03. The first-order valence-electron chi connectivity index (χ1n) is 12.7. The molecule has 2 atom stereocenters. The van der Waals surface area contributed by atoms with Crippen LogP contribution < -0.4 is 4.74 Å². The van der Waals surface area contributed by atoms with E-state index in [0.29, 0.717) is 26.0 Å². The number of aromatic nitrogens is 1. The number of ether oxygens (including phenoxy) is 1. The van der Waals surface area contributed by atoms with Gasteiger partial charge in [0.2, 0.25) is 0 Å². The van der Waals surface area contributed by atoms with Crippen LogP contribution >= 0.6 is 0 Å². The van der Waals surface area contributed by atoms with Crippen LogP contribution in [-0.2, 0) is 11.2 Å². The summed E-state index contributed by atoms with van der Waals surface area (Å²) < 4.78 is 5.75. The molecule has 8 heteroatoms. The monoisotopic (exact) mass is 490 g/mol. The maximum absolute atomic E-state index is 13.9. The van der Waals surface area contributed by atoms with E-state index >= 15 is 0 Å². The number of H-pyrrole nitrogens is 1. The van der Waals surface area contributed by atoms with Crippen LogP contribution in [0.3, 0.4) is 0 Å². The summed E-state index contributed by atoms with van der Waals surface area (Å²) in [6.07, 6.45) is 1.12. The van der Waals surface area contributed by atoms with Gasteiger partial charge < -0.3 is 19.7 Å². The second-order valence-corrected chi connectivity index (χ2v) is 9.96. The van der Waals surface area contributed by atoms with Crippen molar-refractivity contribution >= 4 is 22.8 Å². The summed E-state index contributed by atoms with van der Waals surface area (Å²) in [5, 5.41) is 11.3. The Balaban J connectivity index is 1.62. The van der Waals surface area contributed by atoms with Gasteiger partial charge in [0.25, 0.3) is 5.91 Å². The predicted molar refractivity (Wildman–Crippen MR) is 138 cm³/mol. The van der Waals surface area contributed by atoms with Crippen molar-refractivity contribution in [1.82, 2.24) is 19.7 Å². The maximum Gasteiger partial charge on any atom is 0.328 e. The first-order valence-corrected chi connectivity index (χ1v) is 12.7. The third kappa shape index (κ3) is 3.80. The van der Waals surface area contributed by atoms with Crippen molar-refractivity contribution in [2.24, 2.45) is 0 Å². The Kier molecular flexibility index (Phi) is 6.16. The minimum atomic E-state index is -1.03. The molecule has 2 aliphatic rings. The fourth-order valence-electron chi connectivity index (χ4n) is 5.64. The average Bonchev–Trinajstić information content (AvgIpc) is 3.30. The number of benzene rings is 2. The average molecular weight is 491 g/mol. The lowest BCUT2D eigenvalue weighted by Crippen LogP contribution is -2.53. The molecule has 5 rings (SSSR count). The molecule has 0 spiro atoms. The van der Waals surface area contributed by atoms with Crippen LogP contribution in [0.1, 0.15) is 50.1 Å². The number of aromatic amines is 1. The van der Waals surface area contributed by atoms with Crippen molar-refractivity contribution < 1.29 is 19.4 Å². The zero-order valence-corrected chi connectivity index (χ0v) is 21.4. The zero-order valence-electron chi connectivity index (χ0n) is 21.4. The summed E-state index contributed by atoms with van der Waals surface area (Å²) >= 11 is 0. The first-order chi connectivity index (χ1) is 17.3. The highest BCUT2D eigenvalue weighted by Crippen LogP contribution is 2.49. The van der Waals surface area contributed by atoms with Crippen LogP contribution in [0.4, 0.5) is 4.79 Å². The number of nitrogens with zero attached hydrogens (tertiary/aromatic N) is 3. The molecular weight excluding hydrogens is 456 g/mol. The summed E-state index contributed by atoms with van der Waals surface area (Å²) in [5.74, 6) is 0.718. The van der Waals surface area contributed by atoms with Crippen LogP contribution in [0.25, 0.3) is 10.9 Å². The fourth-order valence-corrected chi connectivity index (χ4v) is 5.64. The van der Waals surface area contributed by atoms with Gasteiger partial charge in [0.15, 0.2) is 0 Å². The molecule has 0 bridgehead atoms. The number of fused-ring (bicyclic) bond motifs is 4. The minimum Gasteiger partial charge on any atom is -0.508 e. The van der Waals surface area contributed by atoms with Crippen molar-refractivity contribution in [3.8, 4) is 11.5 Å². The van der Waals surface area contributed by atoms with Gasteiger partial charge in [-0.05, 0) is 81.9 Å². The fraction of sp³-hybridized carbons (Fsp3) is 0.429. The molecule has 3 amide bonds. The van der Waals surface area contributed by atoms with Gasteiger partial charge in [0.05, 0.1) is 6.61 Å². The van der Waals surface area contributed by atoms with E-state index in [1.807, 2.05) is 45.2 Å². The second-order valence-electron chi connectivity index (χ2n) is 9.96. The van der Waals surface area contributed by atoms with E-state index in [4.69, 9.17) is 4.74 Å². The Morgan fingerprint density at radius 2 is 2.00 bits per heavy atom. The standard InChI is InChI=1S/C28H34N4O4/c1-5-30(4)13-8-14-31-26(34)28(3)17-22-21-16-20(36-6-2)11-12-23(21)29-24(22)25(32(28)27(31)35)18-9-7-10-19(33)15-18/h7,9-12,15-16,25,29,33H,5-6,8,13-14,17H2,1-4H3/t25-,28+/m1/s1. The number of imide groups is 1. The minimum absolute atomic E-state index is 0.119. The maximum atomic E-state index is 13.9. The van der Waals surface area contributed by atoms with Crippen molar-refractivity contribution in [2.45, 2.75) is 45.2 Å². The van der Waals surface area contributed by atoms with E-state index in [0.717, 1.165) is 46.6 Å². The number of phenols is 1. The molecule has 1 fully saturated rings. The lowest BCUT2D eigenvalue weighted by atomic mass is 9.81. The van der Waals surface area contributed by atoms with Gasteiger partial charge in [-0.2, -0.15) is 0 Å². The number of carbonyl (C=O) groups excluding carboxylic acids is 2. The lowest BCUT2D eigenvalue weighted by Gasteiger charge is -2.42. The van der Waals surface area contributed by atoms with Gasteiger partial charge in [-0.1, -0.05) is 19.1 Å². The van der Waals surface area contributed by atoms with Crippen molar-refractivity contribution in [2.75, 3.05) is 33.3 Å². The summed E-state index contributed by atoms with van der Waals surface area (Å²) in [4.78, 5) is 36.6. The molecule has 0 unspecified atom stereocenters. The van der Waals surface area contributed by atoms with Crippen molar-refractivity contribution in [3.05, 3.63) is 59.3 Å². The number of urea groups is 1. The first kappa shape index (κ1) is 24.2. The van der Waals surface area contributed by atoms with Gasteiger partial charge in [0.1, 0.15) is 23.1 Å². The van der Waals surface area contributed by atoms with Gasteiger partial charge in [-0.3, -0.25) is 14.6 Å². The van der Waals surface area contributed by atoms with E-state index in [1.165, 1.54) is 4.90 Å². The summed E-state index contributed by atoms with van der Waals surface area (Å²) in [6.45, 7) is 8.57. The van der Waals surface area contributed by atoms with Crippen molar-refractivity contribution in [1.29, 1.82) is 0 Å². The topological polar surface area (TPSA) is 89.1 Å². The van der Waals surface area contributed by atoms with E-state index in [9.17, 15) is 14.7 Å². The van der Waals surface area contributed by atoms with Crippen LogP contribution in [0, 0.1) is 0 Å². The molecule has 2 aliphatic heterocycles. The molecule has 1 saturated heterocycles. The molecule has 0 radical (unpaired) electrons. The predicted octanol–water partition coefficient (Wildman–Crippen LogP) is 4.28. The molecule has 3 heterocycles. The molecule has 0 saturated carbocycles. The number of hydrogen-bond acceptors (Lipinski definition) is 5. The number of hydrogen-bond donors (Lipinski definition) is 2. The molecule has 2 aromatic carbocycles. The van der Waals surface area contributed by atoms with E-state index < -0.39 is 11.6 Å². The Labute approximate surface area is 211 Å².